The van der Waals surface area contributed by atoms with E-state index in [0.717, 1.165) is 22.7 Å². The summed E-state index contributed by atoms with van der Waals surface area (Å²) in [4.78, 5) is 12.1. The Balaban J connectivity index is 1.81. The third-order valence-corrected chi connectivity index (χ3v) is 3.41. The molecule has 0 fully saturated rings. The summed E-state index contributed by atoms with van der Waals surface area (Å²) in [7, 11) is 1.61. The third-order valence-electron chi connectivity index (χ3n) is 3.41. The van der Waals surface area contributed by atoms with Gasteiger partial charge < -0.3 is 15.4 Å². The minimum atomic E-state index is -0.252. The van der Waals surface area contributed by atoms with Gasteiger partial charge >= 0.3 is 0 Å². The van der Waals surface area contributed by atoms with E-state index in [1.54, 1.807) is 7.11 Å². The summed E-state index contributed by atoms with van der Waals surface area (Å²) in [6.07, 6.45) is 0.665. The van der Waals surface area contributed by atoms with Crippen LogP contribution < -0.4 is 15.4 Å². The van der Waals surface area contributed by atoms with Crippen molar-refractivity contribution in [3.63, 3.8) is 0 Å². The van der Waals surface area contributed by atoms with Crippen LogP contribution >= 0.6 is 0 Å². The Bertz CT molecular complexity index is 626. The summed E-state index contributed by atoms with van der Waals surface area (Å²) < 4.78 is 5.16. The number of nitrogens with one attached hydrogen (secondary N) is 2. The molecule has 102 valence electrons. The lowest BCUT2D eigenvalue weighted by Crippen LogP contribution is -2.40. The standard InChI is InChI=1S/C16H16N2O2/c1-20-12-7-8-13-14(10-12)18-16(19)15(17-13)9-11-5-3-2-4-6-11/h2-8,10,15,17H,9H2,1H3,(H,18,19). The molecular weight excluding hydrogens is 252 g/mol. The molecule has 0 radical (unpaired) electrons. The molecule has 1 unspecified atom stereocenters. The minimum Gasteiger partial charge on any atom is -0.497 e. The predicted octanol–water partition coefficient (Wildman–Crippen LogP) is 2.67. The Morgan fingerprint density at radius 3 is 2.65 bits per heavy atom. The molecule has 0 bridgehead atoms. The van der Waals surface area contributed by atoms with Crippen LogP contribution in [0.4, 0.5) is 11.4 Å². The zero-order chi connectivity index (χ0) is 13.9. The second kappa shape index (κ2) is 5.25. The van der Waals surface area contributed by atoms with Crippen LogP contribution in [0, 0.1) is 0 Å². The maximum atomic E-state index is 12.1. The molecular formula is C16H16N2O2. The van der Waals surface area contributed by atoms with Crippen LogP contribution in [-0.4, -0.2) is 19.1 Å². The summed E-state index contributed by atoms with van der Waals surface area (Å²) in [6.45, 7) is 0. The van der Waals surface area contributed by atoms with E-state index >= 15 is 0 Å². The number of amides is 1. The quantitative estimate of drug-likeness (QED) is 0.899. The van der Waals surface area contributed by atoms with Gasteiger partial charge in [0.25, 0.3) is 0 Å². The van der Waals surface area contributed by atoms with Gasteiger partial charge in [-0.1, -0.05) is 30.3 Å². The first kappa shape index (κ1) is 12.5. The molecule has 1 heterocycles. The van der Waals surface area contributed by atoms with Crippen molar-refractivity contribution in [3.8, 4) is 5.75 Å². The first-order chi connectivity index (χ1) is 9.76. The Kier molecular flexibility index (Phi) is 3.29. The molecule has 1 amide bonds. The number of benzene rings is 2. The van der Waals surface area contributed by atoms with Crippen LogP contribution in [-0.2, 0) is 11.2 Å². The predicted molar refractivity (Wildman–Crippen MR) is 79.2 cm³/mol. The number of rotatable bonds is 3. The fraction of sp³-hybridized carbons (Fsp3) is 0.188. The van der Waals surface area contributed by atoms with Gasteiger partial charge in [-0.2, -0.15) is 0 Å². The number of carbonyl (C=O) groups is 1. The van der Waals surface area contributed by atoms with Gasteiger partial charge in [0.05, 0.1) is 18.5 Å². The maximum absolute atomic E-state index is 12.1. The molecule has 1 aliphatic heterocycles. The highest BCUT2D eigenvalue weighted by Gasteiger charge is 2.25. The number of fused-ring (bicyclic) bond motifs is 1. The number of carbonyl (C=O) groups excluding carboxylic acids is 1. The molecule has 0 aromatic heterocycles. The molecule has 3 rings (SSSR count). The average Bonchev–Trinajstić information content (AvgIpc) is 2.48. The fourth-order valence-electron chi connectivity index (χ4n) is 2.35. The molecule has 0 saturated heterocycles. The van der Waals surface area contributed by atoms with E-state index in [-0.39, 0.29) is 11.9 Å². The monoisotopic (exact) mass is 268 g/mol. The molecule has 1 aliphatic rings. The highest BCUT2D eigenvalue weighted by atomic mass is 16.5. The molecule has 2 aromatic rings. The van der Waals surface area contributed by atoms with Crippen molar-refractivity contribution in [1.82, 2.24) is 0 Å². The molecule has 0 saturated carbocycles. The molecule has 4 nitrogen and oxygen atoms in total. The molecule has 20 heavy (non-hydrogen) atoms. The normalized spacial score (nSPS) is 16.9. The van der Waals surface area contributed by atoms with E-state index in [4.69, 9.17) is 4.74 Å². The Hall–Kier alpha value is -2.49. The fourth-order valence-corrected chi connectivity index (χ4v) is 2.35. The molecule has 1 atom stereocenters. The Morgan fingerprint density at radius 2 is 1.90 bits per heavy atom. The molecule has 2 N–H and O–H groups in total. The summed E-state index contributed by atoms with van der Waals surface area (Å²) >= 11 is 0. The second-order valence-corrected chi connectivity index (χ2v) is 4.79. The van der Waals surface area contributed by atoms with Crippen LogP contribution in [0.1, 0.15) is 5.56 Å². The Morgan fingerprint density at radius 1 is 1.10 bits per heavy atom. The zero-order valence-electron chi connectivity index (χ0n) is 11.2. The number of hydrogen-bond donors (Lipinski definition) is 2. The van der Waals surface area contributed by atoms with Crippen molar-refractivity contribution in [3.05, 3.63) is 54.1 Å². The van der Waals surface area contributed by atoms with Gasteiger partial charge in [-0.05, 0) is 17.7 Å². The molecule has 0 spiro atoms. The van der Waals surface area contributed by atoms with Crippen LogP contribution in [0.2, 0.25) is 0 Å². The van der Waals surface area contributed by atoms with Crippen molar-refractivity contribution < 1.29 is 9.53 Å². The molecule has 4 heteroatoms. The van der Waals surface area contributed by atoms with Crippen LogP contribution in [0.3, 0.4) is 0 Å². The lowest BCUT2D eigenvalue weighted by Gasteiger charge is -2.27. The SMILES string of the molecule is COc1ccc2c(c1)NC(=O)C(Cc1ccccc1)N2. The highest BCUT2D eigenvalue weighted by Crippen LogP contribution is 2.31. The van der Waals surface area contributed by atoms with Crippen molar-refractivity contribution in [2.45, 2.75) is 12.5 Å². The van der Waals surface area contributed by atoms with Gasteiger partial charge in [0, 0.05) is 12.5 Å². The van der Waals surface area contributed by atoms with E-state index in [9.17, 15) is 4.79 Å². The van der Waals surface area contributed by atoms with Gasteiger partial charge in [0.15, 0.2) is 0 Å². The van der Waals surface area contributed by atoms with E-state index in [1.807, 2.05) is 48.5 Å². The van der Waals surface area contributed by atoms with Crippen molar-refractivity contribution in [1.29, 1.82) is 0 Å². The Labute approximate surface area is 117 Å². The van der Waals surface area contributed by atoms with Gasteiger partial charge in [0.1, 0.15) is 11.8 Å². The largest absolute Gasteiger partial charge is 0.497 e. The van der Waals surface area contributed by atoms with Crippen molar-refractivity contribution in [2.24, 2.45) is 0 Å². The number of anilines is 2. The highest BCUT2D eigenvalue weighted by molar-refractivity contribution is 6.03. The molecule has 0 aliphatic carbocycles. The first-order valence-corrected chi connectivity index (χ1v) is 6.55. The summed E-state index contributed by atoms with van der Waals surface area (Å²) in [5.41, 5.74) is 2.82. The number of ether oxygens (including phenoxy) is 1. The lowest BCUT2D eigenvalue weighted by atomic mass is 10.0. The van der Waals surface area contributed by atoms with Crippen LogP contribution in [0.25, 0.3) is 0 Å². The van der Waals surface area contributed by atoms with E-state index < -0.39 is 0 Å². The summed E-state index contributed by atoms with van der Waals surface area (Å²) in [6, 6.07) is 15.4. The summed E-state index contributed by atoms with van der Waals surface area (Å²) in [5.74, 6) is 0.710. The van der Waals surface area contributed by atoms with Gasteiger partial charge in [-0.15, -0.1) is 0 Å². The lowest BCUT2D eigenvalue weighted by molar-refractivity contribution is -0.117. The van der Waals surface area contributed by atoms with Crippen molar-refractivity contribution >= 4 is 17.3 Å². The van der Waals surface area contributed by atoms with Gasteiger partial charge in [-0.25, -0.2) is 0 Å². The molecule has 2 aromatic carbocycles. The second-order valence-electron chi connectivity index (χ2n) is 4.79. The summed E-state index contributed by atoms with van der Waals surface area (Å²) in [5, 5.41) is 6.20. The topological polar surface area (TPSA) is 50.4 Å². The number of methoxy groups -OCH3 is 1. The van der Waals surface area contributed by atoms with Gasteiger partial charge in [0.2, 0.25) is 5.91 Å². The van der Waals surface area contributed by atoms with Crippen molar-refractivity contribution in [2.75, 3.05) is 17.7 Å². The van der Waals surface area contributed by atoms with E-state index in [2.05, 4.69) is 10.6 Å². The first-order valence-electron chi connectivity index (χ1n) is 6.55. The minimum absolute atomic E-state index is 0.0189. The van der Waals surface area contributed by atoms with Crippen LogP contribution in [0.5, 0.6) is 5.75 Å². The smallest absolute Gasteiger partial charge is 0.247 e. The average molecular weight is 268 g/mol. The van der Waals surface area contributed by atoms with E-state index in [0.29, 0.717) is 6.42 Å². The maximum Gasteiger partial charge on any atom is 0.247 e. The third kappa shape index (κ3) is 2.45. The van der Waals surface area contributed by atoms with Gasteiger partial charge in [-0.3, -0.25) is 4.79 Å². The van der Waals surface area contributed by atoms with Crippen LogP contribution in [0.15, 0.2) is 48.5 Å². The zero-order valence-corrected chi connectivity index (χ0v) is 11.2. The number of hydrogen-bond acceptors (Lipinski definition) is 3. The van der Waals surface area contributed by atoms with E-state index in [1.165, 1.54) is 0 Å².